The number of carbonyl (C=O) groups excluding carboxylic acids is 2. The predicted molar refractivity (Wildman–Crippen MR) is 109 cm³/mol. The van der Waals surface area contributed by atoms with Crippen LogP contribution in [0, 0.1) is 5.92 Å². The molecule has 3 aliphatic rings. The summed E-state index contributed by atoms with van der Waals surface area (Å²) in [4.78, 5) is 50.4. The number of hydrogen-bond donors (Lipinski definition) is 1. The number of fused-ring (bicyclic) bond motifs is 1. The van der Waals surface area contributed by atoms with E-state index in [4.69, 9.17) is 4.98 Å². The molecule has 1 saturated heterocycles. The molecule has 1 aliphatic carbocycles. The standard InChI is InChI=1S/C21H24N4O3S/c26-19-14-8-10-24(20(27)13-6-7-13)12-15(14)22-18(23-19)16-4-1-2-9-25(16)21(28)17-5-3-11-29-17/h3,5,11,13,16H,1-2,4,6-10,12H2,(H,22,23,26). The van der Waals surface area contributed by atoms with Gasteiger partial charge in [0.15, 0.2) is 0 Å². The topological polar surface area (TPSA) is 86.4 Å². The highest BCUT2D eigenvalue weighted by atomic mass is 32.1. The monoisotopic (exact) mass is 412 g/mol. The first-order valence-electron chi connectivity index (χ1n) is 10.4. The molecule has 0 spiro atoms. The Morgan fingerprint density at radius 1 is 1.17 bits per heavy atom. The molecule has 0 aromatic carbocycles. The molecular weight excluding hydrogens is 388 g/mol. The lowest BCUT2D eigenvalue weighted by atomic mass is 10.00. The van der Waals surface area contributed by atoms with Crippen LogP contribution in [0.5, 0.6) is 0 Å². The van der Waals surface area contributed by atoms with Gasteiger partial charge in [0, 0.05) is 24.6 Å². The number of aromatic nitrogens is 2. The lowest BCUT2D eigenvalue weighted by Gasteiger charge is -2.35. The van der Waals surface area contributed by atoms with Crippen LogP contribution >= 0.6 is 11.3 Å². The Kier molecular flexibility index (Phi) is 4.73. The molecule has 1 unspecified atom stereocenters. The number of nitrogens with zero attached hydrogens (tertiary/aromatic N) is 3. The normalized spacial score (nSPS) is 21.7. The highest BCUT2D eigenvalue weighted by Crippen LogP contribution is 2.33. The lowest BCUT2D eigenvalue weighted by Crippen LogP contribution is -2.42. The summed E-state index contributed by atoms with van der Waals surface area (Å²) in [7, 11) is 0. The summed E-state index contributed by atoms with van der Waals surface area (Å²) in [5.41, 5.74) is 1.25. The van der Waals surface area contributed by atoms with Gasteiger partial charge in [0.2, 0.25) is 5.91 Å². The van der Waals surface area contributed by atoms with Gasteiger partial charge < -0.3 is 14.8 Å². The Hall–Kier alpha value is -2.48. The highest BCUT2D eigenvalue weighted by molar-refractivity contribution is 7.12. The van der Waals surface area contributed by atoms with Crippen LogP contribution in [0.3, 0.4) is 0 Å². The maximum Gasteiger partial charge on any atom is 0.264 e. The molecule has 2 fully saturated rings. The van der Waals surface area contributed by atoms with Gasteiger partial charge in [-0.05, 0) is 50.0 Å². The van der Waals surface area contributed by atoms with Crippen molar-refractivity contribution in [1.82, 2.24) is 19.8 Å². The minimum absolute atomic E-state index is 0.00407. The van der Waals surface area contributed by atoms with E-state index >= 15 is 0 Å². The summed E-state index contributed by atoms with van der Waals surface area (Å²) in [6.07, 6.45) is 5.21. The lowest BCUT2D eigenvalue weighted by molar-refractivity contribution is -0.133. The fourth-order valence-electron chi connectivity index (χ4n) is 4.39. The summed E-state index contributed by atoms with van der Waals surface area (Å²) in [5, 5.41) is 1.90. The van der Waals surface area contributed by atoms with Crippen molar-refractivity contribution in [1.29, 1.82) is 0 Å². The molecule has 1 N–H and O–H groups in total. The van der Waals surface area contributed by atoms with Gasteiger partial charge in [-0.15, -0.1) is 11.3 Å². The molecule has 1 saturated carbocycles. The molecule has 7 nitrogen and oxygen atoms in total. The van der Waals surface area contributed by atoms with E-state index in [1.807, 2.05) is 27.3 Å². The van der Waals surface area contributed by atoms with Crippen molar-refractivity contribution in [3.05, 3.63) is 49.8 Å². The SMILES string of the molecule is O=C(C1CC1)N1CCc2c(nc(C3CCCCN3C(=O)c3cccs3)[nH]c2=O)C1. The minimum atomic E-state index is -0.231. The van der Waals surface area contributed by atoms with Crippen molar-refractivity contribution in [3.8, 4) is 0 Å². The summed E-state index contributed by atoms with van der Waals surface area (Å²) in [5.74, 6) is 0.899. The van der Waals surface area contributed by atoms with Crippen LogP contribution in [0.25, 0.3) is 0 Å². The summed E-state index contributed by atoms with van der Waals surface area (Å²) in [6.45, 7) is 1.64. The Morgan fingerprint density at radius 2 is 2.03 bits per heavy atom. The molecule has 152 valence electrons. The van der Waals surface area contributed by atoms with Crippen LogP contribution in [-0.2, 0) is 17.8 Å². The van der Waals surface area contributed by atoms with Crippen molar-refractivity contribution in [2.45, 2.75) is 51.1 Å². The molecule has 1 atom stereocenters. The second kappa shape index (κ2) is 7.40. The number of rotatable bonds is 3. The van der Waals surface area contributed by atoms with Gasteiger partial charge in [-0.1, -0.05) is 6.07 Å². The van der Waals surface area contributed by atoms with Crippen LogP contribution in [0.15, 0.2) is 22.3 Å². The molecule has 0 bridgehead atoms. The van der Waals surface area contributed by atoms with Crippen molar-refractivity contribution in [2.24, 2.45) is 5.92 Å². The van der Waals surface area contributed by atoms with Crippen molar-refractivity contribution >= 4 is 23.2 Å². The third kappa shape index (κ3) is 3.50. The van der Waals surface area contributed by atoms with Gasteiger partial charge in [-0.25, -0.2) is 4.98 Å². The number of H-pyrrole nitrogens is 1. The molecule has 2 amide bonds. The third-order valence-electron chi connectivity index (χ3n) is 6.14. The Labute approximate surface area is 172 Å². The molecule has 8 heteroatoms. The number of aromatic amines is 1. The van der Waals surface area contributed by atoms with Crippen LogP contribution < -0.4 is 5.56 Å². The zero-order chi connectivity index (χ0) is 20.0. The average molecular weight is 413 g/mol. The number of carbonyl (C=O) groups is 2. The first-order chi connectivity index (χ1) is 14.1. The van der Waals surface area contributed by atoms with E-state index in [9.17, 15) is 14.4 Å². The number of thiophene rings is 1. The number of amides is 2. The molecule has 29 heavy (non-hydrogen) atoms. The van der Waals surface area contributed by atoms with Crippen molar-refractivity contribution in [2.75, 3.05) is 13.1 Å². The van der Waals surface area contributed by atoms with Crippen LogP contribution in [0.1, 0.15) is 64.9 Å². The van der Waals surface area contributed by atoms with Gasteiger partial charge in [-0.2, -0.15) is 0 Å². The van der Waals surface area contributed by atoms with E-state index in [1.165, 1.54) is 11.3 Å². The van der Waals surface area contributed by atoms with E-state index in [0.29, 0.717) is 48.0 Å². The van der Waals surface area contributed by atoms with E-state index in [0.717, 1.165) is 32.1 Å². The number of likely N-dealkylation sites (tertiary alicyclic amines) is 1. The average Bonchev–Trinajstić information content (AvgIpc) is 3.46. The van der Waals surface area contributed by atoms with E-state index in [-0.39, 0.29) is 29.3 Å². The summed E-state index contributed by atoms with van der Waals surface area (Å²) >= 11 is 1.43. The second-order valence-electron chi connectivity index (χ2n) is 8.15. The van der Waals surface area contributed by atoms with E-state index in [2.05, 4.69) is 4.98 Å². The predicted octanol–water partition coefficient (Wildman–Crippen LogP) is 2.49. The largest absolute Gasteiger partial charge is 0.336 e. The zero-order valence-corrected chi connectivity index (χ0v) is 17.0. The number of hydrogen-bond acceptors (Lipinski definition) is 5. The van der Waals surface area contributed by atoms with Gasteiger partial charge in [0.05, 0.1) is 23.2 Å². The minimum Gasteiger partial charge on any atom is -0.336 e. The molecule has 5 rings (SSSR count). The maximum absolute atomic E-state index is 13.0. The molecular formula is C21H24N4O3S. The molecule has 0 radical (unpaired) electrons. The Bertz CT molecular complexity index is 996. The molecule has 2 aliphatic heterocycles. The Morgan fingerprint density at radius 3 is 2.79 bits per heavy atom. The number of piperidine rings is 1. The summed E-state index contributed by atoms with van der Waals surface area (Å²) < 4.78 is 0. The van der Waals surface area contributed by atoms with Crippen molar-refractivity contribution < 1.29 is 9.59 Å². The maximum atomic E-state index is 13.0. The molecule has 4 heterocycles. The molecule has 2 aromatic rings. The van der Waals surface area contributed by atoms with E-state index < -0.39 is 0 Å². The molecule has 2 aromatic heterocycles. The van der Waals surface area contributed by atoms with E-state index in [1.54, 1.807) is 0 Å². The third-order valence-corrected chi connectivity index (χ3v) is 7.00. The number of nitrogens with one attached hydrogen (secondary N) is 1. The quantitative estimate of drug-likeness (QED) is 0.839. The van der Waals surface area contributed by atoms with Gasteiger partial charge in [0.25, 0.3) is 11.5 Å². The first kappa shape index (κ1) is 18.5. The van der Waals surface area contributed by atoms with Gasteiger partial charge in [0.1, 0.15) is 5.82 Å². The summed E-state index contributed by atoms with van der Waals surface area (Å²) in [6, 6.07) is 3.48. The van der Waals surface area contributed by atoms with Gasteiger partial charge >= 0.3 is 0 Å². The van der Waals surface area contributed by atoms with Crippen LogP contribution in [0.4, 0.5) is 0 Å². The Balaban J connectivity index is 1.45. The first-order valence-corrected chi connectivity index (χ1v) is 11.2. The zero-order valence-electron chi connectivity index (χ0n) is 16.2. The fraction of sp³-hybridized carbons (Fsp3) is 0.524. The smallest absolute Gasteiger partial charge is 0.264 e. The highest BCUT2D eigenvalue weighted by Gasteiger charge is 2.36. The van der Waals surface area contributed by atoms with Crippen molar-refractivity contribution in [3.63, 3.8) is 0 Å². The van der Waals surface area contributed by atoms with Crippen LogP contribution in [0.2, 0.25) is 0 Å². The van der Waals surface area contributed by atoms with Gasteiger partial charge in [-0.3, -0.25) is 14.4 Å². The van der Waals surface area contributed by atoms with Crippen LogP contribution in [-0.4, -0.2) is 44.7 Å². The second-order valence-corrected chi connectivity index (χ2v) is 9.10. The fourth-order valence-corrected chi connectivity index (χ4v) is 5.07.